The van der Waals surface area contributed by atoms with Crippen LogP contribution in [0.4, 0.5) is 13.2 Å². The highest BCUT2D eigenvalue weighted by molar-refractivity contribution is 7.90. The Morgan fingerprint density at radius 1 is 1.31 bits per heavy atom. The second kappa shape index (κ2) is 8.51. The molecular formula is C14H12Cl3F3N2O3S. The van der Waals surface area contributed by atoms with Crippen molar-refractivity contribution in [2.24, 2.45) is 0 Å². The third-order valence-electron chi connectivity index (χ3n) is 2.89. The molecule has 12 heteroatoms. The molecule has 1 aromatic rings. The van der Waals surface area contributed by atoms with Crippen LogP contribution < -0.4 is 4.72 Å². The summed E-state index contributed by atoms with van der Waals surface area (Å²) in [5.41, 5.74) is -0.484. The van der Waals surface area contributed by atoms with E-state index in [0.717, 1.165) is 13.1 Å². The summed E-state index contributed by atoms with van der Waals surface area (Å²) in [4.78, 5) is 12.0. The van der Waals surface area contributed by atoms with Crippen LogP contribution in [0.2, 0.25) is 10.0 Å². The smallest absolute Gasteiger partial charge is 0.330 e. The van der Waals surface area contributed by atoms with Gasteiger partial charge < -0.3 is 4.90 Å². The quantitative estimate of drug-likeness (QED) is 0.518. The molecule has 1 rings (SSSR count). The molecular weight excluding hydrogens is 440 g/mol. The molecule has 26 heavy (non-hydrogen) atoms. The van der Waals surface area contributed by atoms with Gasteiger partial charge in [-0.05, 0) is 25.3 Å². The van der Waals surface area contributed by atoms with Gasteiger partial charge in [0, 0.05) is 0 Å². The van der Waals surface area contributed by atoms with Gasteiger partial charge in [-0.25, -0.2) is 13.1 Å². The van der Waals surface area contributed by atoms with Crippen LogP contribution in [0, 0.1) is 0 Å². The minimum absolute atomic E-state index is 0.240. The van der Waals surface area contributed by atoms with E-state index in [-0.39, 0.29) is 10.0 Å². The van der Waals surface area contributed by atoms with E-state index in [1.165, 1.54) is 18.2 Å². The second-order valence-corrected chi connectivity index (χ2v) is 7.62. The van der Waals surface area contributed by atoms with Crippen LogP contribution in [0.15, 0.2) is 46.6 Å². The molecule has 0 bridgehead atoms. The zero-order valence-electron chi connectivity index (χ0n) is 13.1. The average molecular weight is 452 g/mol. The van der Waals surface area contributed by atoms with Crippen LogP contribution in [0.5, 0.6) is 0 Å². The minimum atomic E-state index is -4.62. The molecule has 0 saturated carbocycles. The maximum atomic E-state index is 12.5. The van der Waals surface area contributed by atoms with Crippen LogP contribution in [0.25, 0.3) is 0 Å². The van der Waals surface area contributed by atoms with E-state index in [4.69, 9.17) is 34.8 Å². The first-order valence-electron chi connectivity index (χ1n) is 6.63. The lowest BCUT2D eigenvalue weighted by Gasteiger charge is -2.22. The molecule has 1 amide bonds. The third-order valence-corrected chi connectivity index (χ3v) is 5.67. The summed E-state index contributed by atoms with van der Waals surface area (Å²) in [6.07, 6.45) is -3.87. The fourth-order valence-corrected chi connectivity index (χ4v) is 4.08. The first-order chi connectivity index (χ1) is 11.8. The van der Waals surface area contributed by atoms with Crippen LogP contribution in [-0.2, 0) is 14.8 Å². The van der Waals surface area contributed by atoms with Gasteiger partial charge in [-0.3, -0.25) is 4.79 Å². The fourth-order valence-electron chi connectivity index (χ4n) is 1.71. The summed E-state index contributed by atoms with van der Waals surface area (Å²) >= 11 is 17.3. The zero-order valence-corrected chi connectivity index (χ0v) is 16.2. The number of carbonyl (C=O) groups is 1. The highest BCUT2D eigenvalue weighted by atomic mass is 35.5. The fraction of sp³-hybridized carbons (Fsp3) is 0.214. The van der Waals surface area contributed by atoms with Crippen LogP contribution >= 0.6 is 34.8 Å². The van der Waals surface area contributed by atoms with E-state index < -0.39 is 44.3 Å². The summed E-state index contributed by atoms with van der Waals surface area (Å²) in [5.74, 6) is -1.25. The van der Waals surface area contributed by atoms with Crippen LogP contribution in [0.3, 0.4) is 0 Å². The van der Waals surface area contributed by atoms with E-state index in [1.807, 2.05) is 0 Å². The van der Waals surface area contributed by atoms with Crippen molar-refractivity contribution in [2.45, 2.75) is 18.0 Å². The number of halogens is 6. The lowest BCUT2D eigenvalue weighted by atomic mass is 10.3. The number of carbonyl (C=O) groups excluding carboxylic acids is 1. The van der Waals surface area contributed by atoms with Crippen molar-refractivity contribution >= 4 is 50.7 Å². The Kier molecular flexibility index (Phi) is 7.41. The van der Waals surface area contributed by atoms with Crippen molar-refractivity contribution in [1.82, 2.24) is 9.62 Å². The summed E-state index contributed by atoms with van der Waals surface area (Å²) < 4.78 is 63.8. The number of alkyl halides is 3. The largest absolute Gasteiger partial charge is 0.406 e. The molecule has 0 aromatic heterocycles. The van der Waals surface area contributed by atoms with Gasteiger partial charge >= 0.3 is 6.18 Å². The van der Waals surface area contributed by atoms with Gasteiger partial charge in [0.05, 0.1) is 15.6 Å². The number of sulfonamides is 1. The predicted octanol–water partition coefficient (Wildman–Crippen LogP) is 4.28. The van der Waals surface area contributed by atoms with Gasteiger partial charge in [-0.1, -0.05) is 47.4 Å². The van der Waals surface area contributed by atoms with Gasteiger partial charge in [0.1, 0.15) is 16.6 Å². The van der Waals surface area contributed by atoms with Crippen LogP contribution in [0.1, 0.15) is 6.92 Å². The molecule has 0 atom stereocenters. The van der Waals surface area contributed by atoms with Gasteiger partial charge in [0.25, 0.3) is 15.9 Å². The first kappa shape index (κ1) is 22.6. The number of hydrogen-bond donors (Lipinski definition) is 1. The van der Waals surface area contributed by atoms with Gasteiger partial charge in [-0.2, -0.15) is 13.2 Å². The number of nitrogens with one attached hydrogen (secondary N) is 1. The summed E-state index contributed by atoms with van der Waals surface area (Å²) in [7, 11) is -4.49. The maximum Gasteiger partial charge on any atom is 0.406 e. The predicted molar refractivity (Wildman–Crippen MR) is 93.3 cm³/mol. The molecule has 1 N–H and O–H groups in total. The molecule has 0 radical (unpaired) electrons. The number of nitrogens with zero attached hydrogens (tertiary/aromatic N) is 1. The lowest BCUT2D eigenvalue weighted by molar-refractivity contribution is -0.136. The summed E-state index contributed by atoms with van der Waals surface area (Å²) in [6.45, 7) is 2.71. The van der Waals surface area contributed by atoms with E-state index >= 15 is 0 Å². The van der Waals surface area contributed by atoms with Crippen molar-refractivity contribution in [1.29, 1.82) is 0 Å². The molecule has 0 aliphatic rings. The third kappa shape index (κ3) is 5.80. The normalized spacial score (nSPS) is 13.0. The highest BCUT2D eigenvalue weighted by Gasteiger charge is 2.32. The highest BCUT2D eigenvalue weighted by Crippen LogP contribution is 2.29. The summed E-state index contributed by atoms with van der Waals surface area (Å²) in [6, 6.07) is 3.88. The first-order valence-corrected chi connectivity index (χ1v) is 9.25. The average Bonchev–Trinajstić information content (AvgIpc) is 2.49. The molecule has 0 aliphatic carbocycles. The number of rotatable bonds is 6. The Labute approximate surface area is 163 Å². The Bertz CT molecular complexity index is 834. The Hall–Kier alpha value is -1.42. The number of amides is 1. The van der Waals surface area contributed by atoms with Crippen molar-refractivity contribution in [3.63, 3.8) is 0 Å². The molecule has 144 valence electrons. The molecule has 0 aliphatic heterocycles. The topological polar surface area (TPSA) is 66.5 Å². The summed E-state index contributed by atoms with van der Waals surface area (Å²) in [5, 5.41) is -1.12. The van der Waals surface area contributed by atoms with Crippen molar-refractivity contribution in [3.05, 3.63) is 51.8 Å². The van der Waals surface area contributed by atoms with Gasteiger partial charge in [-0.15, -0.1) is 0 Å². The van der Waals surface area contributed by atoms with E-state index in [9.17, 15) is 26.4 Å². The molecule has 1 aromatic carbocycles. The van der Waals surface area contributed by atoms with Crippen molar-refractivity contribution in [3.8, 4) is 0 Å². The lowest BCUT2D eigenvalue weighted by Crippen LogP contribution is -2.34. The van der Waals surface area contributed by atoms with Crippen molar-refractivity contribution in [2.75, 3.05) is 6.54 Å². The standard InChI is InChI=1S/C14H12Cl3F3N2O3S/c1-3-22(7-14(18,19)20)12(17)8(2)13(23)21-26(24,25)11-9(15)5-4-6-10(11)16/h3-6H,1,7H2,2H3,(H,21,23)/b12-8+. The SMILES string of the molecule is C=CN(CC(F)(F)F)/C(Cl)=C(\C)C(=O)NS(=O)(=O)c1c(Cl)cccc1Cl. The molecule has 0 saturated heterocycles. The Morgan fingerprint density at radius 2 is 1.81 bits per heavy atom. The van der Waals surface area contributed by atoms with Crippen LogP contribution in [-0.4, -0.2) is 31.9 Å². The van der Waals surface area contributed by atoms with E-state index in [1.54, 1.807) is 4.72 Å². The number of benzene rings is 1. The maximum absolute atomic E-state index is 12.5. The zero-order chi connectivity index (χ0) is 20.3. The monoisotopic (exact) mass is 450 g/mol. The second-order valence-electron chi connectivity index (χ2n) is 4.83. The van der Waals surface area contributed by atoms with Gasteiger partial charge in [0.15, 0.2) is 0 Å². The Morgan fingerprint density at radius 3 is 2.23 bits per heavy atom. The van der Waals surface area contributed by atoms with Crippen molar-refractivity contribution < 1.29 is 26.4 Å². The molecule has 5 nitrogen and oxygen atoms in total. The molecule has 0 fully saturated rings. The minimum Gasteiger partial charge on any atom is -0.330 e. The Balaban J connectivity index is 3.17. The molecule has 0 heterocycles. The van der Waals surface area contributed by atoms with E-state index in [0.29, 0.717) is 4.90 Å². The van der Waals surface area contributed by atoms with Gasteiger partial charge in [0.2, 0.25) is 0 Å². The molecule has 0 spiro atoms. The molecule has 0 unspecified atom stereocenters. The van der Waals surface area contributed by atoms with E-state index in [2.05, 4.69) is 6.58 Å². The number of hydrogen-bond acceptors (Lipinski definition) is 4.